The van der Waals surface area contributed by atoms with Gasteiger partial charge in [0.25, 0.3) is 0 Å². The highest BCUT2D eigenvalue weighted by atomic mass is 16.5. The van der Waals surface area contributed by atoms with Crippen molar-refractivity contribution in [3.05, 3.63) is 90.0 Å². The Kier molecular flexibility index (Phi) is 6.47. The zero-order chi connectivity index (χ0) is 21.5. The molecule has 1 heterocycles. The van der Waals surface area contributed by atoms with Crippen molar-refractivity contribution < 1.29 is 9.53 Å². The summed E-state index contributed by atoms with van der Waals surface area (Å²) in [6, 6.07) is 25.6. The summed E-state index contributed by atoms with van der Waals surface area (Å²) in [6.45, 7) is 1.23. The summed E-state index contributed by atoms with van der Waals surface area (Å²) in [5, 5.41) is 9.62. The van der Waals surface area contributed by atoms with Crippen LogP contribution in [0.15, 0.2) is 83.9 Å². The predicted molar refractivity (Wildman–Crippen MR) is 124 cm³/mol. The highest BCUT2D eigenvalue weighted by Crippen LogP contribution is 2.31. The molecule has 1 aliphatic heterocycles. The summed E-state index contributed by atoms with van der Waals surface area (Å²) in [4.78, 5) is 16.3. The number of rotatable bonds is 6. The Bertz CT molecular complexity index is 1070. The zero-order valence-corrected chi connectivity index (χ0v) is 17.5. The number of carbonyl (C=O) groups excluding carboxylic acids is 1. The third-order valence-corrected chi connectivity index (χ3v) is 5.18. The molecule has 3 aromatic carbocycles. The van der Waals surface area contributed by atoms with Crippen LogP contribution in [0.5, 0.6) is 11.5 Å². The van der Waals surface area contributed by atoms with Crippen LogP contribution in [0.4, 0.5) is 5.69 Å². The van der Waals surface area contributed by atoms with Crippen molar-refractivity contribution in [2.75, 3.05) is 18.9 Å². The minimum atomic E-state index is 0.0451. The number of nitrogens with one attached hydrogen (secondary N) is 3. The number of ether oxygens (including phenoxy) is 1. The van der Waals surface area contributed by atoms with Crippen molar-refractivity contribution in [3.63, 3.8) is 0 Å². The van der Waals surface area contributed by atoms with E-state index in [0.717, 1.165) is 28.3 Å². The van der Waals surface area contributed by atoms with Gasteiger partial charge in [-0.2, -0.15) is 0 Å². The van der Waals surface area contributed by atoms with Crippen molar-refractivity contribution in [2.24, 2.45) is 4.99 Å². The molecule has 0 radical (unpaired) electrons. The second-order valence-corrected chi connectivity index (χ2v) is 7.41. The molecule has 0 fully saturated rings. The Hall–Kier alpha value is -3.80. The number of amides is 1. The molecule has 6 nitrogen and oxygen atoms in total. The van der Waals surface area contributed by atoms with Gasteiger partial charge in [-0.15, -0.1) is 0 Å². The fourth-order valence-electron chi connectivity index (χ4n) is 3.65. The maximum Gasteiger partial charge on any atom is 0.225 e. The number of para-hydroxylation sites is 2. The average Bonchev–Trinajstić information content (AvgIpc) is 2.80. The minimum Gasteiger partial charge on any atom is -0.457 e. The second kappa shape index (κ2) is 9.80. The summed E-state index contributed by atoms with van der Waals surface area (Å²) in [7, 11) is 1.74. The van der Waals surface area contributed by atoms with Crippen molar-refractivity contribution >= 4 is 17.6 Å². The topological polar surface area (TPSA) is 74.8 Å². The molecule has 1 unspecified atom stereocenters. The first-order chi connectivity index (χ1) is 15.2. The van der Waals surface area contributed by atoms with Crippen molar-refractivity contribution in [3.8, 4) is 11.5 Å². The van der Waals surface area contributed by atoms with Gasteiger partial charge in [0.05, 0.1) is 0 Å². The average molecular weight is 415 g/mol. The highest BCUT2D eigenvalue weighted by molar-refractivity contribution is 5.94. The third kappa shape index (κ3) is 5.42. The largest absolute Gasteiger partial charge is 0.457 e. The van der Waals surface area contributed by atoms with E-state index in [4.69, 9.17) is 4.74 Å². The molecule has 3 aromatic rings. The third-order valence-electron chi connectivity index (χ3n) is 5.18. The van der Waals surface area contributed by atoms with Gasteiger partial charge in [0.2, 0.25) is 5.91 Å². The van der Waals surface area contributed by atoms with Gasteiger partial charge in [-0.05, 0) is 41.5 Å². The van der Waals surface area contributed by atoms with E-state index in [2.05, 4.69) is 27.0 Å². The number of anilines is 1. The number of hydrogen-bond acceptors (Lipinski definition) is 3. The molecule has 0 aromatic heterocycles. The second-order valence-electron chi connectivity index (χ2n) is 7.41. The lowest BCUT2D eigenvalue weighted by molar-refractivity contribution is -0.116. The van der Waals surface area contributed by atoms with E-state index < -0.39 is 0 Å². The molecule has 158 valence electrons. The van der Waals surface area contributed by atoms with Crippen LogP contribution in [0.1, 0.15) is 23.5 Å². The molecule has 6 heteroatoms. The summed E-state index contributed by atoms with van der Waals surface area (Å²) < 4.78 is 5.91. The Morgan fingerprint density at radius 1 is 1.00 bits per heavy atom. The maximum atomic E-state index is 12.0. The normalized spacial score (nSPS) is 15.6. The predicted octanol–water partition coefficient (Wildman–Crippen LogP) is 4.27. The number of benzene rings is 3. The van der Waals surface area contributed by atoms with Crippen molar-refractivity contribution in [1.82, 2.24) is 10.6 Å². The first-order valence-electron chi connectivity index (χ1n) is 10.4. The summed E-state index contributed by atoms with van der Waals surface area (Å²) >= 11 is 0. The van der Waals surface area contributed by atoms with Crippen molar-refractivity contribution in [1.29, 1.82) is 0 Å². The molecule has 0 saturated heterocycles. The number of fused-ring (bicyclic) bond motifs is 1. The van der Waals surface area contributed by atoms with Crippen LogP contribution in [0.25, 0.3) is 0 Å². The van der Waals surface area contributed by atoms with E-state index in [-0.39, 0.29) is 11.8 Å². The number of carbonyl (C=O) groups is 1. The van der Waals surface area contributed by atoms with Gasteiger partial charge in [-0.3, -0.25) is 9.79 Å². The Morgan fingerprint density at radius 2 is 1.77 bits per heavy atom. The Labute approximate surface area is 182 Å². The summed E-state index contributed by atoms with van der Waals surface area (Å²) in [6.07, 6.45) is 0.458. The standard InChI is InChI=1S/C25H26N4O2/c1-26-25(28-17-19-15-24(30)29-23-13-6-5-12-22(19)23)27-16-18-8-7-11-21(14-18)31-20-9-3-2-4-10-20/h2-14,19H,15-17H2,1H3,(H,29,30)(H2,26,27,28). The molecular formula is C25H26N4O2. The number of nitrogens with zero attached hydrogens (tertiary/aromatic N) is 1. The Balaban J connectivity index is 1.33. The zero-order valence-electron chi connectivity index (χ0n) is 17.5. The number of aliphatic imine (C=N–C) groups is 1. The molecule has 1 aliphatic rings. The molecule has 0 saturated carbocycles. The van der Waals surface area contributed by atoms with E-state index in [9.17, 15) is 4.79 Å². The van der Waals surface area contributed by atoms with Gasteiger partial charge in [0.1, 0.15) is 11.5 Å². The van der Waals surface area contributed by atoms with Crippen LogP contribution < -0.4 is 20.7 Å². The highest BCUT2D eigenvalue weighted by Gasteiger charge is 2.24. The van der Waals surface area contributed by atoms with Gasteiger partial charge >= 0.3 is 0 Å². The SMILES string of the molecule is CN=C(NCc1cccc(Oc2ccccc2)c1)NCC1CC(=O)Nc2ccccc21. The van der Waals surface area contributed by atoms with Crippen LogP contribution >= 0.6 is 0 Å². The molecule has 3 N–H and O–H groups in total. The number of guanidine groups is 1. The van der Waals surface area contributed by atoms with Gasteiger partial charge in [-0.25, -0.2) is 0 Å². The Morgan fingerprint density at radius 3 is 2.61 bits per heavy atom. The molecule has 1 amide bonds. The van der Waals surface area contributed by atoms with E-state index in [1.165, 1.54) is 0 Å². The summed E-state index contributed by atoms with van der Waals surface area (Å²) in [5.74, 6) is 2.44. The lowest BCUT2D eigenvalue weighted by Crippen LogP contribution is -2.40. The smallest absolute Gasteiger partial charge is 0.225 e. The van der Waals surface area contributed by atoms with Crippen LogP contribution in [0.3, 0.4) is 0 Å². The molecule has 1 atom stereocenters. The molecule has 31 heavy (non-hydrogen) atoms. The first-order valence-corrected chi connectivity index (χ1v) is 10.4. The van der Waals surface area contributed by atoms with Gasteiger partial charge in [0, 0.05) is 38.2 Å². The fourth-order valence-corrected chi connectivity index (χ4v) is 3.65. The van der Waals surface area contributed by atoms with Crippen LogP contribution in [-0.4, -0.2) is 25.5 Å². The van der Waals surface area contributed by atoms with E-state index in [1.54, 1.807) is 7.05 Å². The number of hydrogen-bond donors (Lipinski definition) is 3. The summed E-state index contributed by atoms with van der Waals surface area (Å²) in [5.41, 5.74) is 3.12. The van der Waals surface area contributed by atoms with E-state index in [1.807, 2.05) is 72.8 Å². The van der Waals surface area contributed by atoms with E-state index in [0.29, 0.717) is 25.5 Å². The fraction of sp³-hybridized carbons (Fsp3) is 0.200. The quantitative estimate of drug-likeness (QED) is 0.416. The molecular weight excluding hydrogens is 388 g/mol. The first kappa shape index (κ1) is 20.5. The minimum absolute atomic E-state index is 0.0451. The van der Waals surface area contributed by atoms with E-state index >= 15 is 0 Å². The van der Waals surface area contributed by atoms with Crippen LogP contribution in [0, 0.1) is 0 Å². The van der Waals surface area contributed by atoms with Gasteiger partial charge < -0.3 is 20.7 Å². The molecule has 0 aliphatic carbocycles. The molecule has 0 spiro atoms. The maximum absolute atomic E-state index is 12.0. The lowest BCUT2D eigenvalue weighted by atomic mass is 9.90. The van der Waals surface area contributed by atoms with Crippen LogP contribution in [0.2, 0.25) is 0 Å². The van der Waals surface area contributed by atoms with Gasteiger partial charge in [-0.1, -0.05) is 48.5 Å². The van der Waals surface area contributed by atoms with Crippen LogP contribution in [-0.2, 0) is 11.3 Å². The monoisotopic (exact) mass is 414 g/mol. The molecule has 4 rings (SSSR count). The lowest BCUT2D eigenvalue weighted by Gasteiger charge is -2.26. The van der Waals surface area contributed by atoms with Crippen molar-refractivity contribution in [2.45, 2.75) is 18.9 Å². The molecule has 0 bridgehead atoms. The van der Waals surface area contributed by atoms with Gasteiger partial charge in [0.15, 0.2) is 5.96 Å².